The number of para-hydroxylation sites is 1. The number of carbonyl (C=O) groups is 4. The molecular weight excluding hydrogens is 350 g/mol. The average molecular weight is 371 g/mol. The van der Waals surface area contributed by atoms with Crippen molar-refractivity contribution in [2.75, 3.05) is 4.90 Å². The van der Waals surface area contributed by atoms with E-state index in [1.807, 2.05) is 13.8 Å². The number of amides is 4. The van der Waals surface area contributed by atoms with Crippen LogP contribution in [0.5, 0.6) is 0 Å². The van der Waals surface area contributed by atoms with E-state index in [2.05, 4.69) is 0 Å². The van der Waals surface area contributed by atoms with E-state index in [9.17, 15) is 24.3 Å². The lowest BCUT2D eigenvalue weighted by Crippen LogP contribution is -2.57. The zero-order chi connectivity index (χ0) is 20.1. The molecule has 8 nitrogen and oxygen atoms in total. The van der Waals surface area contributed by atoms with Gasteiger partial charge >= 0.3 is 6.03 Å². The van der Waals surface area contributed by atoms with Crippen LogP contribution in [0.4, 0.5) is 10.5 Å². The van der Waals surface area contributed by atoms with E-state index in [4.69, 9.17) is 5.73 Å². The van der Waals surface area contributed by atoms with Gasteiger partial charge in [0.15, 0.2) is 5.78 Å². The maximum atomic E-state index is 13.2. The molecule has 27 heavy (non-hydrogen) atoms. The Morgan fingerprint density at radius 3 is 2.41 bits per heavy atom. The highest BCUT2D eigenvalue weighted by Crippen LogP contribution is 2.48. The van der Waals surface area contributed by atoms with Crippen LogP contribution in [0.15, 0.2) is 35.5 Å². The third kappa shape index (κ3) is 2.82. The number of urea groups is 1. The minimum Gasteiger partial charge on any atom is -0.368 e. The maximum Gasteiger partial charge on any atom is 0.318 e. The number of ketones is 1. The van der Waals surface area contributed by atoms with Gasteiger partial charge in [-0.2, -0.15) is 0 Å². The predicted octanol–water partition coefficient (Wildman–Crippen LogP) is 0.911. The van der Waals surface area contributed by atoms with Crippen molar-refractivity contribution in [3.63, 3.8) is 0 Å². The fraction of sp³-hybridized carbons (Fsp3) is 0.368. The van der Waals surface area contributed by atoms with Gasteiger partial charge in [0, 0.05) is 12.1 Å². The number of hydrogen-bond donors (Lipinski definition) is 3. The number of primary amides is 1. The molecule has 0 saturated carbocycles. The molecule has 3 rings (SSSR count). The molecule has 4 amide bonds. The van der Waals surface area contributed by atoms with Crippen molar-refractivity contribution in [2.45, 2.75) is 39.2 Å². The first-order chi connectivity index (χ1) is 12.5. The van der Waals surface area contributed by atoms with E-state index in [0.29, 0.717) is 12.1 Å². The second-order valence-corrected chi connectivity index (χ2v) is 7.72. The van der Waals surface area contributed by atoms with Gasteiger partial charge in [0.25, 0.3) is 17.4 Å². The van der Waals surface area contributed by atoms with Crippen LogP contribution >= 0.6 is 0 Å². The second-order valence-electron chi connectivity index (χ2n) is 7.72. The van der Waals surface area contributed by atoms with E-state index >= 15 is 0 Å². The van der Waals surface area contributed by atoms with Gasteiger partial charge in [-0.1, -0.05) is 32.0 Å². The summed E-state index contributed by atoms with van der Waals surface area (Å²) in [6.45, 7) is 5.52. The number of imide groups is 1. The third-order valence-electron chi connectivity index (χ3n) is 4.92. The highest BCUT2D eigenvalue weighted by molar-refractivity contribution is 6.29. The predicted molar refractivity (Wildman–Crippen MR) is 96.4 cm³/mol. The van der Waals surface area contributed by atoms with Crippen molar-refractivity contribution in [2.24, 2.45) is 11.1 Å². The molecular formula is C19H21N3O5. The summed E-state index contributed by atoms with van der Waals surface area (Å²) in [5.74, 6) is -2.82. The van der Waals surface area contributed by atoms with Crippen LogP contribution in [0.25, 0.3) is 0 Å². The summed E-state index contributed by atoms with van der Waals surface area (Å²) in [4.78, 5) is 50.9. The van der Waals surface area contributed by atoms with Crippen LogP contribution in [0.1, 0.15) is 32.3 Å². The van der Waals surface area contributed by atoms with E-state index in [-0.39, 0.29) is 17.7 Å². The third-order valence-corrected chi connectivity index (χ3v) is 4.92. The molecule has 2 aliphatic rings. The van der Waals surface area contributed by atoms with Crippen molar-refractivity contribution in [1.82, 2.24) is 5.32 Å². The Morgan fingerprint density at radius 2 is 1.81 bits per heavy atom. The van der Waals surface area contributed by atoms with Gasteiger partial charge in [0.2, 0.25) is 0 Å². The molecule has 1 aliphatic heterocycles. The Labute approximate surface area is 156 Å². The number of aryl methyl sites for hydroxylation is 1. The standard InChI is InChI=1S/C19H21N3O5/c1-10-6-4-5-7-11(10)22-12-8-18(2,3)9-13(23)14(12)19(27,16(22)25)15(24)21-17(20)26/h4-7,27H,8-9H2,1-3H3,(H3,20,21,24,26). The van der Waals surface area contributed by atoms with Gasteiger partial charge in [-0.15, -0.1) is 0 Å². The minimum atomic E-state index is -2.79. The van der Waals surface area contributed by atoms with Crippen LogP contribution in [0.3, 0.4) is 0 Å². The number of Topliss-reactive ketones (excluding diaryl/α,β-unsaturated/α-hetero) is 1. The van der Waals surface area contributed by atoms with Gasteiger partial charge in [0.05, 0.1) is 11.3 Å². The zero-order valence-electron chi connectivity index (χ0n) is 15.3. The molecule has 0 fully saturated rings. The first-order valence-corrected chi connectivity index (χ1v) is 8.49. The number of nitrogens with two attached hydrogens (primary N) is 1. The SMILES string of the molecule is Cc1ccccc1N1C(=O)C(O)(C(=O)NC(N)=O)C2=C1CC(C)(C)CC2=O. The van der Waals surface area contributed by atoms with E-state index in [1.165, 1.54) is 4.90 Å². The average Bonchev–Trinajstić information content (AvgIpc) is 2.75. The smallest absolute Gasteiger partial charge is 0.318 e. The lowest BCUT2D eigenvalue weighted by molar-refractivity contribution is -0.147. The number of benzene rings is 1. The molecule has 1 heterocycles. The van der Waals surface area contributed by atoms with Crippen LogP contribution in [-0.2, 0) is 14.4 Å². The second kappa shape index (κ2) is 6.02. The quantitative estimate of drug-likeness (QED) is 0.665. The van der Waals surface area contributed by atoms with Crippen molar-refractivity contribution < 1.29 is 24.3 Å². The number of hydrogen-bond acceptors (Lipinski definition) is 5. The normalized spacial score (nSPS) is 24.1. The Kier molecular flexibility index (Phi) is 4.19. The van der Waals surface area contributed by atoms with Crippen LogP contribution in [-0.4, -0.2) is 34.3 Å². The summed E-state index contributed by atoms with van der Waals surface area (Å²) in [6, 6.07) is 5.73. The molecule has 4 N–H and O–H groups in total. The summed E-state index contributed by atoms with van der Waals surface area (Å²) in [5, 5.41) is 12.8. The number of aliphatic hydroxyl groups is 1. The molecule has 1 atom stereocenters. The molecule has 1 aliphatic carbocycles. The number of allylic oxidation sites excluding steroid dienone is 1. The molecule has 0 aromatic heterocycles. The van der Waals surface area contributed by atoms with Crippen molar-refractivity contribution in [3.8, 4) is 0 Å². The summed E-state index contributed by atoms with van der Waals surface area (Å²) in [7, 11) is 0. The number of carbonyl (C=O) groups excluding carboxylic acids is 4. The van der Waals surface area contributed by atoms with Gasteiger partial charge in [-0.25, -0.2) is 4.79 Å². The fourth-order valence-electron chi connectivity index (χ4n) is 3.76. The van der Waals surface area contributed by atoms with Crippen LogP contribution in [0, 0.1) is 12.3 Å². The van der Waals surface area contributed by atoms with Gasteiger partial charge < -0.3 is 10.8 Å². The van der Waals surface area contributed by atoms with Crippen molar-refractivity contribution in [3.05, 3.63) is 41.1 Å². The summed E-state index contributed by atoms with van der Waals surface area (Å²) >= 11 is 0. The van der Waals surface area contributed by atoms with E-state index in [1.54, 1.807) is 36.5 Å². The number of nitrogens with zero attached hydrogens (tertiary/aromatic N) is 1. The molecule has 1 unspecified atom stereocenters. The Hall–Kier alpha value is -3.00. The molecule has 8 heteroatoms. The molecule has 1 aromatic rings. The molecule has 142 valence electrons. The number of anilines is 1. The first-order valence-electron chi connectivity index (χ1n) is 8.49. The molecule has 0 radical (unpaired) electrons. The molecule has 0 saturated heterocycles. The highest BCUT2D eigenvalue weighted by Gasteiger charge is 2.62. The lowest BCUT2D eigenvalue weighted by Gasteiger charge is -2.33. The van der Waals surface area contributed by atoms with E-state index < -0.39 is 34.6 Å². The minimum absolute atomic E-state index is 0.0624. The Bertz CT molecular complexity index is 918. The maximum absolute atomic E-state index is 13.2. The number of nitrogens with one attached hydrogen (secondary N) is 1. The van der Waals surface area contributed by atoms with Crippen molar-refractivity contribution >= 4 is 29.3 Å². The lowest BCUT2D eigenvalue weighted by atomic mass is 9.73. The van der Waals surface area contributed by atoms with E-state index in [0.717, 1.165) is 5.56 Å². The monoisotopic (exact) mass is 371 g/mol. The topological polar surface area (TPSA) is 130 Å². The first kappa shape index (κ1) is 18.8. The highest BCUT2D eigenvalue weighted by atomic mass is 16.3. The Balaban J connectivity index is 2.24. The van der Waals surface area contributed by atoms with Gasteiger partial charge in [0.1, 0.15) is 0 Å². The molecule has 0 spiro atoms. The summed E-state index contributed by atoms with van der Waals surface area (Å²) in [6.07, 6.45) is 0.368. The largest absolute Gasteiger partial charge is 0.368 e. The fourth-order valence-corrected chi connectivity index (χ4v) is 3.76. The Morgan fingerprint density at radius 1 is 1.19 bits per heavy atom. The summed E-state index contributed by atoms with van der Waals surface area (Å²) < 4.78 is 0. The van der Waals surface area contributed by atoms with Crippen LogP contribution in [0.2, 0.25) is 0 Å². The molecule has 1 aromatic carbocycles. The van der Waals surface area contributed by atoms with Crippen LogP contribution < -0.4 is 16.0 Å². The zero-order valence-corrected chi connectivity index (χ0v) is 15.3. The molecule has 0 bridgehead atoms. The van der Waals surface area contributed by atoms with Gasteiger partial charge in [-0.05, 0) is 30.4 Å². The summed E-state index contributed by atoms with van der Waals surface area (Å²) in [5.41, 5.74) is 2.91. The van der Waals surface area contributed by atoms with Gasteiger partial charge in [-0.3, -0.25) is 24.6 Å². The van der Waals surface area contributed by atoms with Crippen molar-refractivity contribution in [1.29, 1.82) is 0 Å². The number of rotatable bonds is 2.